The summed E-state index contributed by atoms with van der Waals surface area (Å²) in [4.78, 5) is 25.7. The molecule has 1 aliphatic heterocycles. The van der Waals surface area contributed by atoms with Crippen LogP contribution in [0.1, 0.15) is 12.1 Å². The first kappa shape index (κ1) is 13.2. The fourth-order valence-corrected chi connectivity index (χ4v) is 1.90. The third kappa shape index (κ3) is 2.48. The highest BCUT2D eigenvalue weighted by atomic mass is 16.6. The summed E-state index contributed by atoms with van der Waals surface area (Å²) in [6, 6.07) is 2.80. The van der Waals surface area contributed by atoms with Crippen molar-refractivity contribution in [3.63, 3.8) is 0 Å². The van der Waals surface area contributed by atoms with E-state index in [1.165, 1.54) is 12.1 Å². The van der Waals surface area contributed by atoms with Crippen molar-refractivity contribution in [1.82, 2.24) is 4.98 Å². The number of hydrogen-bond acceptors (Lipinski definition) is 6. The van der Waals surface area contributed by atoms with Crippen LogP contribution in [0.5, 0.6) is 0 Å². The van der Waals surface area contributed by atoms with Gasteiger partial charge in [-0.05, 0) is 13.0 Å². The molecule has 0 spiro atoms. The monoisotopic (exact) mass is 267 g/mol. The first-order valence-corrected chi connectivity index (χ1v) is 5.66. The van der Waals surface area contributed by atoms with E-state index in [4.69, 9.17) is 4.74 Å². The van der Waals surface area contributed by atoms with Crippen LogP contribution in [0.15, 0.2) is 12.1 Å². The van der Waals surface area contributed by atoms with E-state index in [0.717, 1.165) is 0 Å². The van der Waals surface area contributed by atoms with Gasteiger partial charge in [0, 0.05) is 24.8 Å². The number of aromatic nitrogens is 1. The molecule has 1 atom stereocenters. The molecule has 1 aliphatic rings. The Morgan fingerprint density at radius 2 is 2.37 bits per heavy atom. The second kappa shape index (κ2) is 4.81. The number of aliphatic carboxylic acids is 1. The average Bonchev–Trinajstić information content (AvgIpc) is 2.78. The smallest absolute Gasteiger partial charge is 0.331 e. The number of nitrogens with zero attached hydrogens (tertiary/aromatic N) is 2. The normalized spacial score (nSPS) is 22.2. The van der Waals surface area contributed by atoms with Crippen LogP contribution >= 0.6 is 0 Å². The van der Waals surface area contributed by atoms with Crippen LogP contribution in [0.3, 0.4) is 0 Å². The van der Waals surface area contributed by atoms with Crippen molar-refractivity contribution in [3.8, 4) is 0 Å². The van der Waals surface area contributed by atoms with Gasteiger partial charge in [-0.25, -0.2) is 9.78 Å². The van der Waals surface area contributed by atoms with Crippen LogP contribution < -0.4 is 5.32 Å². The zero-order valence-electron chi connectivity index (χ0n) is 10.3. The van der Waals surface area contributed by atoms with Gasteiger partial charge in [0.25, 0.3) is 0 Å². The molecule has 19 heavy (non-hydrogen) atoms. The van der Waals surface area contributed by atoms with Crippen LogP contribution in [-0.2, 0) is 9.53 Å². The Kier molecular flexibility index (Phi) is 3.34. The summed E-state index contributed by atoms with van der Waals surface area (Å²) in [5, 5.41) is 22.9. The molecular formula is C11H13N3O5. The standard InChI is InChI=1S/C11H13N3O5/c1-7-2-3-8(14(17)18)9(12-7)13-11(10(15)16)4-5-19-6-11/h2-3H,4-6H2,1H3,(H,12,13)(H,15,16). The van der Waals surface area contributed by atoms with Gasteiger partial charge in [0.05, 0.1) is 11.5 Å². The Bertz CT molecular complexity index is 525. The van der Waals surface area contributed by atoms with Gasteiger partial charge in [0.1, 0.15) is 0 Å². The summed E-state index contributed by atoms with van der Waals surface area (Å²) >= 11 is 0. The van der Waals surface area contributed by atoms with Crippen LogP contribution in [0.4, 0.5) is 11.5 Å². The number of rotatable bonds is 4. The molecule has 1 aromatic rings. The molecule has 1 saturated heterocycles. The topological polar surface area (TPSA) is 115 Å². The van der Waals surface area contributed by atoms with E-state index >= 15 is 0 Å². The average molecular weight is 267 g/mol. The molecular weight excluding hydrogens is 254 g/mol. The molecule has 8 nitrogen and oxygen atoms in total. The van der Waals surface area contributed by atoms with E-state index < -0.39 is 16.4 Å². The number of ether oxygens (including phenoxy) is 1. The third-order valence-electron chi connectivity index (χ3n) is 3.00. The second-order valence-corrected chi connectivity index (χ2v) is 4.39. The molecule has 8 heteroatoms. The molecule has 0 aliphatic carbocycles. The summed E-state index contributed by atoms with van der Waals surface area (Å²) in [6.45, 7) is 1.92. The third-order valence-corrected chi connectivity index (χ3v) is 3.00. The molecule has 0 amide bonds. The van der Waals surface area contributed by atoms with Crippen LogP contribution in [0, 0.1) is 17.0 Å². The number of nitro groups is 1. The molecule has 0 saturated carbocycles. The Morgan fingerprint density at radius 3 is 2.89 bits per heavy atom. The Labute approximate surface area is 108 Å². The Hall–Kier alpha value is -2.22. The molecule has 102 valence electrons. The first-order chi connectivity index (χ1) is 8.94. The lowest BCUT2D eigenvalue weighted by Crippen LogP contribution is -2.47. The van der Waals surface area contributed by atoms with E-state index in [0.29, 0.717) is 12.3 Å². The maximum Gasteiger partial charge on any atom is 0.331 e. The molecule has 0 bridgehead atoms. The molecule has 1 unspecified atom stereocenters. The molecule has 1 fully saturated rings. The molecule has 0 aromatic carbocycles. The maximum absolute atomic E-state index is 11.4. The maximum atomic E-state index is 11.4. The number of carboxylic acids is 1. The SMILES string of the molecule is Cc1ccc([N+](=O)[O-])c(NC2(C(=O)O)CCOC2)n1. The summed E-state index contributed by atoms with van der Waals surface area (Å²) < 4.78 is 5.08. The quantitative estimate of drug-likeness (QED) is 0.616. The fraction of sp³-hybridized carbons (Fsp3) is 0.455. The van der Waals surface area contributed by atoms with Crippen molar-refractivity contribution in [2.75, 3.05) is 18.5 Å². The van der Waals surface area contributed by atoms with Gasteiger partial charge in [-0.2, -0.15) is 0 Å². The minimum Gasteiger partial charge on any atom is -0.479 e. The number of pyridine rings is 1. The minimum absolute atomic E-state index is 0.0436. The predicted molar refractivity (Wildman–Crippen MR) is 65.1 cm³/mol. The van der Waals surface area contributed by atoms with E-state index in [1.54, 1.807) is 6.92 Å². The first-order valence-electron chi connectivity index (χ1n) is 5.66. The van der Waals surface area contributed by atoms with E-state index in [-0.39, 0.29) is 24.5 Å². The highest BCUT2D eigenvalue weighted by Crippen LogP contribution is 2.29. The lowest BCUT2D eigenvalue weighted by Gasteiger charge is -2.24. The molecule has 2 rings (SSSR count). The highest BCUT2D eigenvalue weighted by Gasteiger charge is 2.44. The van der Waals surface area contributed by atoms with Crippen molar-refractivity contribution in [2.24, 2.45) is 0 Å². The van der Waals surface area contributed by atoms with E-state index in [1.807, 2.05) is 0 Å². The minimum atomic E-state index is -1.36. The van der Waals surface area contributed by atoms with Gasteiger partial charge < -0.3 is 15.2 Å². The van der Waals surface area contributed by atoms with Crippen LogP contribution in [-0.4, -0.2) is 39.7 Å². The number of nitrogens with one attached hydrogen (secondary N) is 1. The van der Waals surface area contributed by atoms with E-state index in [9.17, 15) is 20.0 Å². The highest BCUT2D eigenvalue weighted by molar-refractivity contribution is 5.84. The lowest BCUT2D eigenvalue weighted by molar-refractivity contribution is -0.384. The van der Waals surface area contributed by atoms with Gasteiger partial charge in [-0.1, -0.05) is 0 Å². The number of carboxylic acid groups (broad SMARTS) is 1. The number of anilines is 1. The molecule has 2 heterocycles. The van der Waals surface area contributed by atoms with Crippen molar-refractivity contribution in [2.45, 2.75) is 18.9 Å². The van der Waals surface area contributed by atoms with Crippen LogP contribution in [0.25, 0.3) is 0 Å². The summed E-state index contributed by atoms with van der Waals surface area (Å²) in [5.74, 6) is -1.15. The molecule has 0 radical (unpaired) electrons. The Morgan fingerprint density at radius 1 is 1.63 bits per heavy atom. The zero-order chi connectivity index (χ0) is 14.0. The Balaban J connectivity index is 2.39. The van der Waals surface area contributed by atoms with Gasteiger partial charge in [-0.3, -0.25) is 10.1 Å². The van der Waals surface area contributed by atoms with Crippen LogP contribution in [0.2, 0.25) is 0 Å². The summed E-state index contributed by atoms with van der Waals surface area (Å²) in [7, 11) is 0. The lowest BCUT2D eigenvalue weighted by atomic mass is 9.99. The second-order valence-electron chi connectivity index (χ2n) is 4.39. The van der Waals surface area contributed by atoms with Crippen molar-refractivity contribution < 1.29 is 19.6 Å². The number of carbonyl (C=O) groups is 1. The summed E-state index contributed by atoms with van der Waals surface area (Å²) in [5.41, 5.74) is -1.04. The van der Waals surface area contributed by atoms with Gasteiger partial charge >= 0.3 is 11.7 Å². The van der Waals surface area contributed by atoms with Crippen molar-refractivity contribution >= 4 is 17.5 Å². The fourth-order valence-electron chi connectivity index (χ4n) is 1.90. The van der Waals surface area contributed by atoms with Gasteiger partial charge in [-0.15, -0.1) is 0 Å². The summed E-state index contributed by atoms with van der Waals surface area (Å²) in [6.07, 6.45) is 0.231. The van der Waals surface area contributed by atoms with Gasteiger partial charge in [0.15, 0.2) is 5.54 Å². The van der Waals surface area contributed by atoms with Crippen molar-refractivity contribution in [3.05, 3.63) is 27.9 Å². The number of hydrogen-bond donors (Lipinski definition) is 2. The number of aryl methyl sites for hydroxylation is 1. The van der Waals surface area contributed by atoms with E-state index in [2.05, 4.69) is 10.3 Å². The van der Waals surface area contributed by atoms with Gasteiger partial charge in [0.2, 0.25) is 5.82 Å². The molecule has 2 N–H and O–H groups in total. The largest absolute Gasteiger partial charge is 0.479 e. The molecule has 1 aromatic heterocycles. The predicted octanol–water partition coefficient (Wildman–Crippen LogP) is 0.954. The van der Waals surface area contributed by atoms with Crippen molar-refractivity contribution in [1.29, 1.82) is 0 Å². The zero-order valence-corrected chi connectivity index (χ0v) is 10.3.